The lowest BCUT2D eigenvalue weighted by Gasteiger charge is -2.10. The van der Waals surface area contributed by atoms with Gasteiger partial charge in [0.2, 0.25) is 5.91 Å². The van der Waals surface area contributed by atoms with Gasteiger partial charge in [-0.25, -0.2) is 13.0 Å². The number of amides is 1. The Balaban J connectivity index is 1.69. The lowest BCUT2D eigenvalue weighted by atomic mass is 10.2. The number of benzene rings is 2. The summed E-state index contributed by atoms with van der Waals surface area (Å²) in [6, 6.07) is 9.41. The number of rotatable bonds is 7. The fraction of sp³-hybridized carbons (Fsp3) is 0.235. The van der Waals surface area contributed by atoms with E-state index in [1.165, 1.54) is 20.3 Å². The first-order valence-corrected chi connectivity index (χ1v) is 9.56. The molecule has 0 saturated heterocycles. The second kappa shape index (κ2) is 7.62. The van der Waals surface area contributed by atoms with Crippen LogP contribution in [0.25, 0.3) is 11.0 Å². The molecule has 1 aromatic heterocycles. The Kier molecular flexibility index (Phi) is 5.26. The Bertz CT molecular complexity index is 1080. The maximum Gasteiger partial charge on any atom is 0.225 e. The van der Waals surface area contributed by atoms with Crippen molar-refractivity contribution in [3.63, 3.8) is 0 Å². The highest BCUT2D eigenvalue weighted by Gasteiger charge is 2.21. The summed E-state index contributed by atoms with van der Waals surface area (Å²) in [6.45, 7) is 0. The fourth-order valence-corrected chi connectivity index (χ4v) is 3.90. The first-order chi connectivity index (χ1) is 12.9. The number of aromatic nitrogens is 2. The molecular formula is C17H17N3O6S. The monoisotopic (exact) mass is 391 g/mol. The van der Waals surface area contributed by atoms with E-state index in [9.17, 15) is 13.2 Å². The van der Waals surface area contributed by atoms with Gasteiger partial charge in [0.05, 0.1) is 24.9 Å². The molecule has 0 fully saturated rings. The minimum atomic E-state index is -3.74. The van der Waals surface area contributed by atoms with Gasteiger partial charge in [-0.2, -0.15) is 0 Å². The topological polar surface area (TPSA) is 121 Å². The van der Waals surface area contributed by atoms with Crippen LogP contribution in [-0.4, -0.2) is 44.6 Å². The third-order valence-corrected chi connectivity index (χ3v) is 5.59. The van der Waals surface area contributed by atoms with Gasteiger partial charge < -0.3 is 14.8 Å². The van der Waals surface area contributed by atoms with Gasteiger partial charge in [0.1, 0.15) is 5.52 Å². The van der Waals surface area contributed by atoms with Crippen molar-refractivity contribution in [1.29, 1.82) is 0 Å². The molecule has 0 radical (unpaired) electrons. The second-order valence-corrected chi connectivity index (χ2v) is 7.65. The lowest BCUT2D eigenvalue weighted by Crippen LogP contribution is -2.17. The van der Waals surface area contributed by atoms with Gasteiger partial charge in [-0.05, 0) is 34.6 Å². The highest BCUT2D eigenvalue weighted by molar-refractivity contribution is 7.91. The van der Waals surface area contributed by atoms with Crippen molar-refractivity contribution in [1.82, 2.24) is 10.3 Å². The van der Waals surface area contributed by atoms with Crippen LogP contribution in [0.1, 0.15) is 6.42 Å². The standard InChI is InChI=1S/C17H17N3O6S/c1-24-13-7-6-11(10-14(13)25-2)18-16(21)8-9-27(22,23)15-5-3-4-12-17(15)20-26-19-12/h3-7,10H,8-9H2,1-2H3,(H,18,21). The smallest absolute Gasteiger partial charge is 0.225 e. The lowest BCUT2D eigenvalue weighted by molar-refractivity contribution is -0.115. The van der Waals surface area contributed by atoms with Crippen LogP contribution in [0.5, 0.6) is 11.5 Å². The number of carbonyl (C=O) groups excluding carboxylic acids is 1. The Morgan fingerprint density at radius 3 is 2.63 bits per heavy atom. The molecule has 3 aromatic rings. The number of nitrogens with one attached hydrogen (secondary N) is 1. The van der Waals surface area contributed by atoms with E-state index in [0.29, 0.717) is 22.7 Å². The first-order valence-electron chi connectivity index (χ1n) is 7.90. The molecule has 0 spiro atoms. The third-order valence-electron chi connectivity index (χ3n) is 3.85. The molecule has 1 heterocycles. The quantitative estimate of drug-likeness (QED) is 0.649. The molecule has 10 heteroatoms. The van der Waals surface area contributed by atoms with Gasteiger partial charge in [0.15, 0.2) is 26.9 Å². The molecule has 2 aromatic carbocycles. The van der Waals surface area contributed by atoms with E-state index in [2.05, 4.69) is 20.3 Å². The predicted molar refractivity (Wildman–Crippen MR) is 96.6 cm³/mol. The summed E-state index contributed by atoms with van der Waals surface area (Å²) < 4.78 is 40.0. The number of anilines is 1. The van der Waals surface area contributed by atoms with Crippen LogP contribution in [-0.2, 0) is 14.6 Å². The van der Waals surface area contributed by atoms with Crippen molar-refractivity contribution in [3.05, 3.63) is 36.4 Å². The minimum Gasteiger partial charge on any atom is -0.493 e. The second-order valence-electron chi connectivity index (χ2n) is 5.57. The number of nitrogens with zero attached hydrogens (tertiary/aromatic N) is 2. The molecule has 0 atom stereocenters. The summed E-state index contributed by atoms with van der Waals surface area (Å²) in [5, 5.41) is 9.88. The molecule has 0 unspecified atom stereocenters. The molecule has 9 nitrogen and oxygen atoms in total. The molecule has 27 heavy (non-hydrogen) atoms. The highest BCUT2D eigenvalue weighted by atomic mass is 32.2. The molecule has 0 saturated carbocycles. The fourth-order valence-electron chi connectivity index (χ4n) is 2.51. The van der Waals surface area contributed by atoms with Crippen molar-refractivity contribution in [2.24, 2.45) is 0 Å². The minimum absolute atomic E-state index is 0.0137. The molecular weight excluding hydrogens is 374 g/mol. The summed E-state index contributed by atoms with van der Waals surface area (Å²) in [5.41, 5.74) is 0.960. The van der Waals surface area contributed by atoms with Gasteiger partial charge in [-0.3, -0.25) is 4.79 Å². The van der Waals surface area contributed by atoms with E-state index in [-0.39, 0.29) is 22.6 Å². The number of methoxy groups -OCH3 is 2. The van der Waals surface area contributed by atoms with Crippen molar-refractivity contribution >= 4 is 32.5 Å². The highest BCUT2D eigenvalue weighted by Crippen LogP contribution is 2.29. The maximum absolute atomic E-state index is 12.6. The van der Waals surface area contributed by atoms with Crippen molar-refractivity contribution in [2.75, 3.05) is 25.3 Å². The summed E-state index contributed by atoms with van der Waals surface area (Å²) in [6.07, 6.45) is -0.224. The zero-order valence-electron chi connectivity index (χ0n) is 14.6. The molecule has 1 amide bonds. The number of sulfone groups is 1. The SMILES string of the molecule is COc1ccc(NC(=O)CCS(=O)(=O)c2cccc3nonc23)cc1OC. The number of hydrogen-bond acceptors (Lipinski definition) is 8. The molecule has 0 aliphatic carbocycles. The van der Waals surface area contributed by atoms with E-state index < -0.39 is 15.7 Å². The van der Waals surface area contributed by atoms with Crippen LogP contribution in [0.4, 0.5) is 5.69 Å². The van der Waals surface area contributed by atoms with Crippen molar-refractivity contribution < 1.29 is 27.3 Å². The van der Waals surface area contributed by atoms with Gasteiger partial charge in [0, 0.05) is 18.2 Å². The normalized spacial score (nSPS) is 11.3. The van der Waals surface area contributed by atoms with Crippen LogP contribution >= 0.6 is 0 Å². The zero-order valence-corrected chi connectivity index (χ0v) is 15.4. The summed E-state index contributed by atoms with van der Waals surface area (Å²) in [5.74, 6) is 0.148. The van der Waals surface area contributed by atoms with E-state index >= 15 is 0 Å². The molecule has 1 N–H and O–H groups in total. The van der Waals surface area contributed by atoms with Gasteiger partial charge >= 0.3 is 0 Å². The van der Waals surface area contributed by atoms with Crippen LogP contribution in [0.2, 0.25) is 0 Å². The van der Waals surface area contributed by atoms with E-state index in [1.807, 2.05) is 0 Å². The Morgan fingerprint density at radius 2 is 1.89 bits per heavy atom. The average Bonchev–Trinajstić information content (AvgIpc) is 3.15. The molecule has 0 bridgehead atoms. The average molecular weight is 391 g/mol. The number of fused-ring (bicyclic) bond motifs is 1. The molecule has 3 rings (SSSR count). The van der Waals surface area contributed by atoms with Crippen LogP contribution in [0.15, 0.2) is 45.9 Å². The number of hydrogen-bond donors (Lipinski definition) is 1. The molecule has 142 valence electrons. The van der Waals surface area contributed by atoms with Gasteiger partial charge in [-0.1, -0.05) is 6.07 Å². The predicted octanol–water partition coefficient (Wildman–Crippen LogP) is 2.04. The zero-order chi connectivity index (χ0) is 19.4. The van der Waals surface area contributed by atoms with E-state index in [4.69, 9.17) is 9.47 Å². The van der Waals surface area contributed by atoms with Crippen LogP contribution in [0, 0.1) is 0 Å². The van der Waals surface area contributed by atoms with Crippen molar-refractivity contribution in [2.45, 2.75) is 11.3 Å². The number of carbonyl (C=O) groups is 1. The Morgan fingerprint density at radius 1 is 1.11 bits per heavy atom. The molecule has 0 aliphatic heterocycles. The van der Waals surface area contributed by atoms with Gasteiger partial charge in [-0.15, -0.1) is 0 Å². The van der Waals surface area contributed by atoms with Gasteiger partial charge in [0.25, 0.3) is 0 Å². The first kappa shape index (κ1) is 18.6. The maximum atomic E-state index is 12.6. The summed E-state index contributed by atoms with van der Waals surface area (Å²) in [7, 11) is -0.748. The van der Waals surface area contributed by atoms with E-state index in [1.54, 1.807) is 30.3 Å². The summed E-state index contributed by atoms with van der Waals surface area (Å²) >= 11 is 0. The number of ether oxygens (including phenoxy) is 2. The van der Waals surface area contributed by atoms with E-state index in [0.717, 1.165) is 0 Å². The van der Waals surface area contributed by atoms with Crippen molar-refractivity contribution in [3.8, 4) is 11.5 Å². The third kappa shape index (κ3) is 4.00. The molecule has 0 aliphatic rings. The largest absolute Gasteiger partial charge is 0.493 e. The summed E-state index contributed by atoms with van der Waals surface area (Å²) in [4.78, 5) is 12.2. The van der Waals surface area contributed by atoms with Crippen LogP contribution in [0.3, 0.4) is 0 Å². The Hall–Kier alpha value is -3.14. The van der Waals surface area contributed by atoms with Crippen LogP contribution < -0.4 is 14.8 Å². The Labute approximate surface area is 155 Å².